The molecule has 2 heterocycles. The Morgan fingerprint density at radius 2 is 1.62 bits per heavy atom. The number of fused-ring (bicyclic) bond motifs is 1. The second kappa shape index (κ2) is 16.9. The van der Waals surface area contributed by atoms with Gasteiger partial charge in [0.15, 0.2) is 11.5 Å². The number of para-hydroxylation sites is 2. The van der Waals surface area contributed by atoms with Crippen molar-refractivity contribution in [1.29, 1.82) is 0 Å². The molecule has 1 aliphatic rings. The molecule has 1 aromatic heterocycles. The van der Waals surface area contributed by atoms with Crippen LogP contribution >= 0.6 is 0 Å². The first-order chi connectivity index (χ1) is 24.1. The van der Waals surface area contributed by atoms with E-state index in [2.05, 4.69) is 22.3 Å². The van der Waals surface area contributed by atoms with Crippen LogP contribution in [0.1, 0.15) is 41.1 Å². The van der Waals surface area contributed by atoms with Gasteiger partial charge >= 0.3 is 6.18 Å². The molecule has 0 radical (unpaired) electrons. The summed E-state index contributed by atoms with van der Waals surface area (Å²) >= 11 is 0. The normalized spacial score (nSPS) is 14.8. The third kappa shape index (κ3) is 9.39. The van der Waals surface area contributed by atoms with E-state index in [1.165, 1.54) is 26.9 Å². The molecule has 0 spiro atoms. The number of hydrogen-bond donors (Lipinski definition) is 1. The third-order valence-electron chi connectivity index (χ3n) is 9.12. The molecule has 13 heteroatoms. The number of likely N-dealkylation sites (tertiary alicyclic amines) is 1. The Labute approximate surface area is 291 Å². The van der Waals surface area contributed by atoms with Gasteiger partial charge in [-0.15, -0.1) is 0 Å². The van der Waals surface area contributed by atoms with Crippen LogP contribution in [0.5, 0.6) is 17.2 Å². The van der Waals surface area contributed by atoms with Gasteiger partial charge in [0.25, 0.3) is 5.91 Å². The van der Waals surface area contributed by atoms with Crippen LogP contribution < -0.4 is 19.5 Å². The molecule has 1 fully saturated rings. The number of benzene rings is 3. The lowest BCUT2D eigenvalue weighted by atomic mass is 9.94. The molecule has 0 bridgehead atoms. The lowest BCUT2D eigenvalue weighted by Gasteiger charge is -2.34. The van der Waals surface area contributed by atoms with Crippen LogP contribution in [0.25, 0.3) is 11.0 Å². The van der Waals surface area contributed by atoms with Crippen molar-refractivity contribution in [1.82, 2.24) is 19.4 Å². The molecule has 5 rings (SSSR count). The summed E-state index contributed by atoms with van der Waals surface area (Å²) in [6.45, 7) is 2.08. The Kier molecular flexibility index (Phi) is 12.5. The molecule has 3 aromatic carbocycles. The molecular weight excluding hydrogens is 651 g/mol. The maximum absolute atomic E-state index is 13.6. The highest BCUT2D eigenvalue weighted by Gasteiger charge is 2.28. The molecule has 270 valence electrons. The number of carbonyl (C=O) groups is 1. The number of likely N-dealkylation sites (N-methyl/N-ethyl adjacent to an activating group) is 1. The fraction of sp³-hybridized carbons (Fsp3) is 0.459. The number of ether oxygens (including phenoxy) is 4. The first-order valence-corrected chi connectivity index (χ1v) is 16.8. The van der Waals surface area contributed by atoms with Crippen molar-refractivity contribution in [2.45, 2.75) is 43.9 Å². The molecule has 1 unspecified atom stereocenters. The molecule has 0 saturated carbocycles. The number of nitrogens with zero attached hydrogens (tertiary/aromatic N) is 4. The van der Waals surface area contributed by atoms with Crippen molar-refractivity contribution in [2.75, 3.05) is 73.1 Å². The summed E-state index contributed by atoms with van der Waals surface area (Å²) in [6.07, 6.45) is -1.71. The van der Waals surface area contributed by atoms with Gasteiger partial charge in [0.05, 0.1) is 39.0 Å². The smallest absolute Gasteiger partial charge is 0.411 e. The lowest BCUT2D eigenvalue weighted by molar-refractivity contribution is -0.174. The first kappa shape index (κ1) is 36.8. The summed E-state index contributed by atoms with van der Waals surface area (Å²) in [4.78, 5) is 22.6. The van der Waals surface area contributed by atoms with E-state index < -0.39 is 12.8 Å². The van der Waals surface area contributed by atoms with E-state index in [9.17, 15) is 18.0 Å². The molecule has 1 N–H and O–H groups in total. The number of piperidine rings is 1. The number of imidazole rings is 1. The number of amides is 1. The van der Waals surface area contributed by atoms with Crippen LogP contribution in [0.15, 0.2) is 66.7 Å². The summed E-state index contributed by atoms with van der Waals surface area (Å²) in [6, 6.07) is 21.4. The van der Waals surface area contributed by atoms with Gasteiger partial charge in [-0.3, -0.25) is 4.79 Å². The minimum Gasteiger partial charge on any atom is -0.493 e. The SMILES string of the molecule is COc1cc(C(=O)N(C)CC(CCN2CCC(Nc3nc4ccccc4n3CCOCC(F)(F)F)CC2)c2ccccc2)cc(OC)c1OC. The standard InChI is InChI=1S/C37H46F3N5O5/c1-43(35(46)28-22-32(47-2)34(49-4)33(23-28)48-3)24-27(26-10-6-5-7-11-26)14-17-44-18-15-29(16-19-44)41-36-42-30-12-8-9-13-31(30)45(36)20-21-50-25-37(38,39)40/h5-13,22-23,27,29H,14-21,24-25H2,1-4H3,(H,41,42). The Bertz CT molecular complexity index is 1670. The number of methoxy groups -OCH3 is 3. The average molecular weight is 698 g/mol. The van der Waals surface area contributed by atoms with E-state index in [0.717, 1.165) is 49.9 Å². The topological polar surface area (TPSA) is 90.3 Å². The number of aromatic nitrogens is 2. The van der Waals surface area contributed by atoms with E-state index in [4.69, 9.17) is 23.9 Å². The second-order valence-electron chi connectivity index (χ2n) is 12.5. The Hall–Kier alpha value is -4.49. The maximum atomic E-state index is 13.6. The average Bonchev–Trinajstić information content (AvgIpc) is 3.47. The zero-order valence-corrected chi connectivity index (χ0v) is 29.0. The number of alkyl halides is 3. The van der Waals surface area contributed by atoms with Crippen molar-refractivity contribution < 1.29 is 36.9 Å². The first-order valence-electron chi connectivity index (χ1n) is 16.8. The van der Waals surface area contributed by atoms with Crippen LogP contribution in [-0.2, 0) is 11.3 Å². The summed E-state index contributed by atoms with van der Waals surface area (Å²) in [5, 5.41) is 3.56. The molecule has 1 atom stereocenters. The van der Waals surface area contributed by atoms with Crippen molar-refractivity contribution in [3.8, 4) is 17.2 Å². The van der Waals surface area contributed by atoms with Crippen LogP contribution in [0.2, 0.25) is 0 Å². The van der Waals surface area contributed by atoms with Crippen LogP contribution in [0.3, 0.4) is 0 Å². The molecule has 4 aromatic rings. The molecule has 1 aliphatic heterocycles. The summed E-state index contributed by atoms with van der Waals surface area (Å²) in [5.74, 6) is 1.90. The van der Waals surface area contributed by atoms with Crippen molar-refractivity contribution in [3.05, 3.63) is 77.9 Å². The van der Waals surface area contributed by atoms with Gasteiger partial charge in [-0.1, -0.05) is 42.5 Å². The van der Waals surface area contributed by atoms with Gasteiger partial charge in [0, 0.05) is 50.7 Å². The summed E-state index contributed by atoms with van der Waals surface area (Å²) in [7, 11) is 6.39. The molecule has 10 nitrogen and oxygen atoms in total. The van der Waals surface area contributed by atoms with Crippen LogP contribution in [0, 0.1) is 0 Å². The highest BCUT2D eigenvalue weighted by Crippen LogP contribution is 2.38. The number of anilines is 1. The van der Waals surface area contributed by atoms with Crippen LogP contribution in [0.4, 0.5) is 19.1 Å². The quantitative estimate of drug-likeness (QED) is 0.134. The Morgan fingerprint density at radius 3 is 2.26 bits per heavy atom. The van der Waals surface area contributed by atoms with E-state index in [0.29, 0.717) is 35.3 Å². The monoisotopic (exact) mass is 697 g/mol. The molecule has 0 aliphatic carbocycles. The van der Waals surface area contributed by atoms with E-state index in [-0.39, 0.29) is 31.0 Å². The number of carbonyl (C=O) groups excluding carboxylic acids is 1. The van der Waals surface area contributed by atoms with Gasteiger partial charge in [-0.2, -0.15) is 13.2 Å². The molecule has 1 amide bonds. The van der Waals surface area contributed by atoms with Gasteiger partial charge in [0.1, 0.15) is 6.61 Å². The highest BCUT2D eigenvalue weighted by molar-refractivity contribution is 5.95. The lowest BCUT2D eigenvalue weighted by Crippen LogP contribution is -2.40. The van der Waals surface area contributed by atoms with Gasteiger partial charge in [-0.05, 0) is 55.6 Å². The minimum atomic E-state index is -4.36. The second-order valence-corrected chi connectivity index (χ2v) is 12.5. The summed E-state index contributed by atoms with van der Waals surface area (Å²) in [5.41, 5.74) is 3.25. The largest absolute Gasteiger partial charge is 0.493 e. The van der Waals surface area contributed by atoms with E-state index >= 15 is 0 Å². The highest BCUT2D eigenvalue weighted by atomic mass is 19.4. The van der Waals surface area contributed by atoms with Gasteiger partial charge in [-0.25, -0.2) is 4.98 Å². The Balaban J connectivity index is 1.19. The van der Waals surface area contributed by atoms with Crippen LogP contribution in [-0.4, -0.2) is 105 Å². The summed E-state index contributed by atoms with van der Waals surface area (Å²) < 4.78 is 61.0. The van der Waals surface area contributed by atoms with Crippen molar-refractivity contribution in [2.24, 2.45) is 0 Å². The van der Waals surface area contributed by atoms with E-state index in [1.807, 2.05) is 54.1 Å². The van der Waals surface area contributed by atoms with E-state index in [1.54, 1.807) is 17.0 Å². The molecule has 1 saturated heterocycles. The Morgan fingerprint density at radius 1 is 0.960 bits per heavy atom. The number of rotatable bonds is 16. The number of hydrogen-bond acceptors (Lipinski definition) is 8. The third-order valence-corrected chi connectivity index (χ3v) is 9.12. The minimum absolute atomic E-state index is 0.0706. The predicted molar refractivity (Wildman–Crippen MR) is 187 cm³/mol. The van der Waals surface area contributed by atoms with Crippen molar-refractivity contribution in [3.63, 3.8) is 0 Å². The molecule has 50 heavy (non-hydrogen) atoms. The van der Waals surface area contributed by atoms with Gasteiger partial charge in [0.2, 0.25) is 11.7 Å². The fourth-order valence-corrected chi connectivity index (χ4v) is 6.50. The fourth-order valence-electron chi connectivity index (χ4n) is 6.50. The van der Waals surface area contributed by atoms with Crippen molar-refractivity contribution >= 4 is 22.9 Å². The zero-order valence-electron chi connectivity index (χ0n) is 29.0. The molecular formula is C37H46F3N5O5. The number of nitrogens with one attached hydrogen (secondary N) is 1. The number of halogens is 3. The predicted octanol–water partition coefficient (Wildman–Crippen LogP) is 6.46. The zero-order chi connectivity index (χ0) is 35.7. The maximum Gasteiger partial charge on any atom is 0.411 e. The van der Waals surface area contributed by atoms with Gasteiger partial charge < -0.3 is 38.6 Å².